The van der Waals surface area contributed by atoms with Crippen LogP contribution >= 0.6 is 34.2 Å². The summed E-state index contributed by atoms with van der Waals surface area (Å²) in [6, 6.07) is 6.67. The summed E-state index contributed by atoms with van der Waals surface area (Å²) in [6.45, 7) is 2.33. The zero-order chi connectivity index (χ0) is 10.8. The first-order chi connectivity index (χ1) is 7.16. The van der Waals surface area contributed by atoms with Crippen molar-refractivity contribution >= 4 is 39.9 Å². The summed E-state index contributed by atoms with van der Waals surface area (Å²) < 4.78 is 1.21. The normalized spacial score (nSPS) is 25.5. The molecule has 0 heterocycles. The number of anilines is 1. The summed E-state index contributed by atoms with van der Waals surface area (Å²) in [6.07, 6.45) is 3.99. The van der Waals surface area contributed by atoms with Gasteiger partial charge in [-0.15, -0.1) is 0 Å². The summed E-state index contributed by atoms with van der Waals surface area (Å²) in [5.74, 6) is 0.788. The number of benzene rings is 1. The number of hydrogen-bond acceptors (Lipinski definition) is 1. The molecule has 1 aliphatic rings. The molecule has 1 saturated carbocycles. The van der Waals surface area contributed by atoms with E-state index in [9.17, 15) is 0 Å². The number of nitrogens with one attached hydrogen (secondary N) is 1. The van der Waals surface area contributed by atoms with Gasteiger partial charge in [-0.3, -0.25) is 0 Å². The fourth-order valence-electron chi connectivity index (χ4n) is 2.17. The first-order valence-electron chi connectivity index (χ1n) is 5.38. The molecule has 0 aromatic heterocycles. The Morgan fingerprint density at radius 1 is 1.40 bits per heavy atom. The van der Waals surface area contributed by atoms with Crippen molar-refractivity contribution in [3.63, 3.8) is 0 Å². The second-order valence-electron chi connectivity index (χ2n) is 4.28. The van der Waals surface area contributed by atoms with Gasteiger partial charge < -0.3 is 5.32 Å². The van der Waals surface area contributed by atoms with Crippen LogP contribution in [0.2, 0.25) is 5.02 Å². The van der Waals surface area contributed by atoms with Gasteiger partial charge in [0.1, 0.15) is 0 Å². The molecule has 1 aromatic carbocycles. The van der Waals surface area contributed by atoms with E-state index >= 15 is 0 Å². The Bertz CT molecular complexity index is 353. The summed E-state index contributed by atoms with van der Waals surface area (Å²) in [5, 5.41) is 4.43. The van der Waals surface area contributed by atoms with E-state index in [1.807, 2.05) is 12.1 Å². The van der Waals surface area contributed by atoms with Crippen molar-refractivity contribution < 1.29 is 0 Å². The second kappa shape index (κ2) is 4.91. The highest BCUT2D eigenvalue weighted by molar-refractivity contribution is 14.1. The number of halogens is 2. The Labute approximate surface area is 110 Å². The van der Waals surface area contributed by atoms with E-state index in [1.165, 1.54) is 28.5 Å². The molecular formula is C12H15ClIN. The predicted octanol–water partition coefficient (Wildman–Crippen LogP) is 4.55. The van der Waals surface area contributed by atoms with E-state index in [0.717, 1.165) is 10.9 Å². The van der Waals surface area contributed by atoms with Crippen LogP contribution in [0, 0.1) is 9.49 Å². The van der Waals surface area contributed by atoms with Gasteiger partial charge in [0.15, 0.2) is 0 Å². The predicted molar refractivity (Wildman–Crippen MR) is 74.6 cm³/mol. The van der Waals surface area contributed by atoms with Gasteiger partial charge in [0.05, 0.1) is 0 Å². The fraction of sp³-hybridized carbons (Fsp3) is 0.500. The molecule has 0 radical (unpaired) electrons. The molecule has 15 heavy (non-hydrogen) atoms. The van der Waals surface area contributed by atoms with Crippen LogP contribution < -0.4 is 5.32 Å². The van der Waals surface area contributed by atoms with Gasteiger partial charge in [-0.1, -0.05) is 24.9 Å². The van der Waals surface area contributed by atoms with Gasteiger partial charge in [-0.05, 0) is 59.5 Å². The summed E-state index contributed by atoms with van der Waals surface area (Å²) in [7, 11) is 0. The lowest BCUT2D eigenvalue weighted by molar-refractivity contribution is 0.556. The quantitative estimate of drug-likeness (QED) is 0.782. The molecule has 0 amide bonds. The zero-order valence-electron chi connectivity index (χ0n) is 8.76. The van der Waals surface area contributed by atoms with Crippen LogP contribution in [0.1, 0.15) is 26.2 Å². The molecule has 1 N–H and O–H groups in total. The standard InChI is InChI=1S/C12H15ClIN/c1-8-3-2-4-11(8)15-12-6-5-9(13)7-10(12)14/h5-8,11,15H,2-4H2,1H3. The minimum Gasteiger partial charge on any atom is -0.381 e. The summed E-state index contributed by atoms with van der Waals surface area (Å²) in [5.41, 5.74) is 1.22. The van der Waals surface area contributed by atoms with Crippen molar-refractivity contribution in [3.05, 3.63) is 26.8 Å². The molecule has 0 saturated heterocycles. The van der Waals surface area contributed by atoms with Crippen LogP contribution in [0.5, 0.6) is 0 Å². The van der Waals surface area contributed by atoms with Gasteiger partial charge in [0.2, 0.25) is 0 Å². The smallest absolute Gasteiger partial charge is 0.0479 e. The largest absolute Gasteiger partial charge is 0.381 e. The highest BCUT2D eigenvalue weighted by atomic mass is 127. The molecule has 1 aliphatic carbocycles. The van der Waals surface area contributed by atoms with Gasteiger partial charge in [-0.2, -0.15) is 0 Å². The molecule has 2 unspecified atom stereocenters. The Hall–Kier alpha value is 0.0400. The SMILES string of the molecule is CC1CCCC1Nc1ccc(Cl)cc1I. The minimum absolute atomic E-state index is 0.639. The van der Waals surface area contributed by atoms with E-state index in [2.05, 4.69) is 40.9 Å². The fourth-order valence-corrected chi connectivity index (χ4v) is 3.19. The van der Waals surface area contributed by atoms with Crippen molar-refractivity contribution in [2.75, 3.05) is 5.32 Å². The third kappa shape index (κ3) is 2.78. The first-order valence-corrected chi connectivity index (χ1v) is 6.84. The van der Waals surface area contributed by atoms with Crippen LogP contribution in [-0.4, -0.2) is 6.04 Å². The van der Waals surface area contributed by atoms with Crippen LogP contribution in [0.25, 0.3) is 0 Å². The molecule has 82 valence electrons. The van der Waals surface area contributed by atoms with Crippen LogP contribution in [0.4, 0.5) is 5.69 Å². The Morgan fingerprint density at radius 3 is 2.80 bits per heavy atom. The molecule has 2 atom stereocenters. The van der Waals surface area contributed by atoms with Gasteiger partial charge in [0, 0.05) is 20.3 Å². The first kappa shape index (κ1) is 11.5. The van der Waals surface area contributed by atoms with Crippen LogP contribution in [0.15, 0.2) is 18.2 Å². The topological polar surface area (TPSA) is 12.0 Å². The Morgan fingerprint density at radius 2 is 2.20 bits per heavy atom. The van der Waals surface area contributed by atoms with Gasteiger partial charge in [-0.25, -0.2) is 0 Å². The highest BCUT2D eigenvalue weighted by Gasteiger charge is 2.23. The lowest BCUT2D eigenvalue weighted by Gasteiger charge is -2.19. The molecule has 3 heteroatoms. The summed E-state index contributed by atoms with van der Waals surface area (Å²) in [4.78, 5) is 0. The van der Waals surface area contributed by atoms with Crippen molar-refractivity contribution in [1.29, 1.82) is 0 Å². The third-order valence-corrected chi connectivity index (χ3v) is 4.26. The zero-order valence-corrected chi connectivity index (χ0v) is 11.7. The summed E-state index contributed by atoms with van der Waals surface area (Å²) >= 11 is 8.26. The van der Waals surface area contributed by atoms with Crippen LogP contribution in [-0.2, 0) is 0 Å². The molecule has 1 aromatic rings. The molecule has 0 bridgehead atoms. The third-order valence-electron chi connectivity index (χ3n) is 3.13. The van der Waals surface area contributed by atoms with Gasteiger partial charge in [0.25, 0.3) is 0 Å². The molecule has 0 spiro atoms. The maximum absolute atomic E-state index is 5.93. The molecule has 1 nitrogen and oxygen atoms in total. The monoisotopic (exact) mass is 335 g/mol. The maximum atomic E-state index is 5.93. The molecule has 0 aliphatic heterocycles. The highest BCUT2D eigenvalue weighted by Crippen LogP contribution is 2.30. The number of rotatable bonds is 2. The van der Waals surface area contributed by atoms with Crippen molar-refractivity contribution in [2.24, 2.45) is 5.92 Å². The van der Waals surface area contributed by atoms with Crippen LogP contribution in [0.3, 0.4) is 0 Å². The number of hydrogen-bond donors (Lipinski definition) is 1. The van der Waals surface area contributed by atoms with Crippen molar-refractivity contribution in [2.45, 2.75) is 32.2 Å². The Balaban J connectivity index is 2.10. The average Bonchev–Trinajstić information content (AvgIpc) is 2.57. The average molecular weight is 336 g/mol. The molecular weight excluding hydrogens is 320 g/mol. The van der Waals surface area contributed by atoms with Gasteiger partial charge >= 0.3 is 0 Å². The second-order valence-corrected chi connectivity index (χ2v) is 5.88. The van der Waals surface area contributed by atoms with E-state index in [-0.39, 0.29) is 0 Å². The molecule has 2 rings (SSSR count). The Kier molecular flexibility index (Phi) is 3.78. The van der Waals surface area contributed by atoms with E-state index in [1.54, 1.807) is 0 Å². The lowest BCUT2D eigenvalue weighted by Crippen LogP contribution is -2.22. The van der Waals surface area contributed by atoms with E-state index < -0.39 is 0 Å². The molecule has 1 fully saturated rings. The van der Waals surface area contributed by atoms with E-state index in [0.29, 0.717) is 6.04 Å². The maximum Gasteiger partial charge on any atom is 0.0479 e. The minimum atomic E-state index is 0.639. The lowest BCUT2D eigenvalue weighted by atomic mass is 10.1. The van der Waals surface area contributed by atoms with Crippen molar-refractivity contribution in [1.82, 2.24) is 0 Å². The van der Waals surface area contributed by atoms with E-state index in [4.69, 9.17) is 11.6 Å². The van der Waals surface area contributed by atoms with Crippen molar-refractivity contribution in [3.8, 4) is 0 Å².